The van der Waals surface area contributed by atoms with Crippen LogP contribution in [0.4, 0.5) is 0 Å². The van der Waals surface area contributed by atoms with Crippen LogP contribution in [-0.4, -0.2) is 11.2 Å². The van der Waals surface area contributed by atoms with Crippen molar-refractivity contribution in [1.82, 2.24) is 0 Å². The van der Waals surface area contributed by atoms with Gasteiger partial charge in [0.2, 0.25) is 0 Å². The molecule has 0 saturated heterocycles. The molecule has 1 saturated carbocycles. The summed E-state index contributed by atoms with van der Waals surface area (Å²) in [5.41, 5.74) is 0. The van der Waals surface area contributed by atoms with Crippen LogP contribution >= 0.6 is 0 Å². The van der Waals surface area contributed by atoms with Crippen LogP contribution in [0.3, 0.4) is 0 Å². The van der Waals surface area contributed by atoms with Crippen molar-refractivity contribution in [2.24, 2.45) is 5.92 Å². The van der Waals surface area contributed by atoms with Crippen molar-refractivity contribution in [3.05, 3.63) is 19.1 Å². The number of allylic oxidation sites excluding steroid dienone is 2. The second kappa shape index (κ2) is 3.77. The average molecular weight is 139 g/mol. The fraction of sp³-hybridized carbons (Fsp3) is 0.667. The van der Waals surface area contributed by atoms with Crippen LogP contribution in [0.25, 0.3) is 0 Å². The zero-order chi connectivity index (χ0) is 7.40. The van der Waals surface area contributed by atoms with Gasteiger partial charge in [-0.3, -0.25) is 0 Å². The minimum Gasteiger partial charge on any atom is -0.393 e. The van der Waals surface area contributed by atoms with Gasteiger partial charge in [-0.15, -0.1) is 0 Å². The highest BCUT2D eigenvalue weighted by molar-refractivity contribution is 4.92. The topological polar surface area (TPSA) is 20.2 Å². The lowest BCUT2D eigenvalue weighted by Crippen LogP contribution is -2.16. The molecule has 1 aliphatic rings. The molecule has 0 bridgehead atoms. The summed E-state index contributed by atoms with van der Waals surface area (Å²) in [6, 6.07) is 0. The van der Waals surface area contributed by atoms with Crippen LogP contribution in [0.1, 0.15) is 25.7 Å². The highest BCUT2D eigenvalue weighted by Crippen LogP contribution is 2.24. The van der Waals surface area contributed by atoms with Gasteiger partial charge in [-0.2, -0.15) is 0 Å². The van der Waals surface area contributed by atoms with Gasteiger partial charge in [0.25, 0.3) is 0 Å². The standard InChI is InChI=1S/C9H15O/c1-2-3-8-4-6-9(10)7-5-8/h2-3,8-10H,1,4-7H2. The van der Waals surface area contributed by atoms with Crippen LogP contribution in [0.15, 0.2) is 12.2 Å². The molecule has 0 atom stereocenters. The maximum Gasteiger partial charge on any atom is 0.0540 e. The van der Waals surface area contributed by atoms with E-state index in [4.69, 9.17) is 5.11 Å². The molecule has 0 aromatic rings. The monoisotopic (exact) mass is 139 g/mol. The van der Waals surface area contributed by atoms with E-state index in [-0.39, 0.29) is 6.10 Å². The highest BCUT2D eigenvalue weighted by atomic mass is 16.3. The SMILES string of the molecule is [CH2]C=CC1CCC(O)CC1. The van der Waals surface area contributed by atoms with Gasteiger partial charge >= 0.3 is 0 Å². The third-order valence-corrected chi connectivity index (χ3v) is 2.15. The Morgan fingerprint density at radius 3 is 2.30 bits per heavy atom. The van der Waals surface area contributed by atoms with E-state index in [1.807, 2.05) is 6.08 Å². The first-order chi connectivity index (χ1) is 4.83. The van der Waals surface area contributed by atoms with E-state index in [1.54, 1.807) is 0 Å². The zero-order valence-electron chi connectivity index (χ0n) is 6.29. The van der Waals surface area contributed by atoms with Crippen LogP contribution in [-0.2, 0) is 0 Å². The smallest absolute Gasteiger partial charge is 0.0540 e. The molecule has 0 aromatic carbocycles. The van der Waals surface area contributed by atoms with Gasteiger partial charge in [0.1, 0.15) is 0 Å². The summed E-state index contributed by atoms with van der Waals surface area (Å²) in [6.07, 6.45) is 8.17. The molecule has 0 amide bonds. The Morgan fingerprint density at radius 1 is 1.20 bits per heavy atom. The van der Waals surface area contributed by atoms with Gasteiger partial charge in [-0.05, 0) is 38.5 Å². The molecule has 1 fully saturated rings. The van der Waals surface area contributed by atoms with Gasteiger partial charge < -0.3 is 5.11 Å². The summed E-state index contributed by atoms with van der Waals surface area (Å²) < 4.78 is 0. The van der Waals surface area contributed by atoms with Gasteiger partial charge in [0.05, 0.1) is 6.10 Å². The Hall–Kier alpha value is -0.300. The third-order valence-electron chi connectivity index (χ3n) is 2.15. The first kappa shape index (κ1) is 7.80. The molecular weight excluding hydrogens is 124 g/mol. The molecule has 1 nitrogen and oxygen atoms in total. The predicted octanol–water partition coefficient (Wildman–Crippen LogP) is 1.93. The highest BCUT2D eigenvalue weighted by Gasteiger charge is 2.16. The normalized spacial score (nSPS) is 35.0. The van der Waals surface area contributed by atoms with Crippen molar-refractivity contribution in [3.63, 3.8) is 0 Å². The predicted molar refractivity (Wildman–Crippen MR) is 42.5 cm³/mol. The summed E-state index contributed by atoms with van der Waals surface area (Å²) >= 11 is 0. The molecule has 0 heterocycles. The lowest BCUT2D eigenvalue weighted by atomic mass is 9.87. The van der Waals surface area contributed by atoms with Crippen molar-refractivity contribution in [1.29, 1.82) is 0 Å². The van der Waals surface area contributed by atoms with Crippen molar-refractivity contribution in [2.45, 2.75) is 31.8 Å². The fourth-order valence-corrected chi connectivity index (χ4v) is 1.49. The lowest BCUT2D eigenvalue weighted by Gasteiger charge is -2.22. The molecule has 57 valence electrons. The lowest BCUT2D eigenvalue weighted by molar-refractivity contribution is 0.118. The van der Waals surface area contributed by atoms with E-state index >= 15 is 0 Å². The maximum absolute atomic E-state index is 9.16. The first-order valence-electron chi connectivity index (χ1n) is 3.97. The first-order valence-corrected chi connectivity index (χ1v) is 3.97. The zero-order valence-corrected chi connectivity index (χ0v) is 6.29. The van der Waals surface area contributed by atoms with Gasteiger partial charge in [-0.25, -0.2) is 0 Å². The molecule has 1 heteroatoms. The van der Waals surface area contributed by atoms with Crippen LogP contribution in [0, 0.1) is 12.8 Å². The molecule has 1 radical (unpaired) electrons. The summed E-state index contributed by atoms with van der Waals surface area (Å²) in [5.74, 6) is 0.681. The van der Waals surface area contributed by atoms with Crippen LogP contribution < -0.4 is 0 Å². The number of aliphatic hydroxyl groups excluding tert-OH is 1. The van der Waals surface area contributed by atoms with E-state index in [0.29, 0.717) is 5.92 Å². The third kappa shape index (κ3) is 2.14. The van der Waals surface area contributed by atoms with Gasteiger partial charge in [0, 0.05) is 0 Å². The van der Waals surface area contributed by atoms with E-state index in [1.165, 1.54) is 0 Å². The quantitative estimate of drug-likeness (QED) is 0.588. The van der Waals surface area contributed by atoms with E-state index in [9.17, 15) is 0 Å². The van der Waals surface area contributed by atoms with Gasteiger partial charge in [0.15, 0.2) is 0 Å². The van der Waals surface area contributed by atoms with Crippen molar-refractivity contribution >= 4 is 0 Å². The molecular formula is C9H15O. The molecule has 1 N–H and O–H groups in total. The second-order valence-electron chi connectivity index (χ2n) is 3.00. The van der Waals surface area contributed by atoms with Crippen molar-refractivity contribution < 1.29 is 5.11 Å². The Balaban J connectivity index is 2.26. The summed E-state index contributed by atoms with van der Waals surface area (Å²) in [6.45, 7) is 3.66. The van der Waals surface area contributed by atoms with E-state index < -0.39 is 0 Å². The largest absolute Gasteiger partial charge is 0.393 e. The van der Waals surface area contributed by atoms with Crippen molar-refractivity contribution in [3.8, 4) is 0 Å². The fourth-order valence-electron chi connectivity index (χ4n) is 1.49. The van der Waals surface area contributed by atoms with E-state index in [2.05, 4.69) is 13.0 Å². The second-order valence-corrected chi connectivity index (χ2v) is 3.00. The summed E-state index contributed by atoms with van der Waals surface area (Å²) in [5, 5.41) is 9.16. The molecule has 0 unspecified atom stereocenters. The Morgan fingerprint density at radius 2 is 1.80 bits per heavy atom. The molecule has 0 spiro atoms. The van der Waals surface area contributed by atoms with Gasteiger partial charge in [-0.1, -0.05) is 12.2 Å². The number of aliphatic hydroxyl groups is 1. The Bertz CT molecular complexity index is 110. The number of rotatable bonds is 1. The number of hydrogen-bond acceptors (Lipinski definition) is 1. The minimum absolute atomic E-state index is 0.0329. The maximum atomic E-state index is 9.16. The molecule has 0 aliphatic heterocycles. The Labute approximate surface area is 62.8 Å². The Kier molecular flexibility index (Phi) is 2.94. The summed E-state index contributed by atoms with van der Waals surface area (Å²) in [4.78, 5) is 0. The summed E-state index contributed by atoms with van der Waals surface area (Å²) in [7, 11) is 0. The molecule has 0 aromatic heterocycles. The minimum atomic E-state index is -0.0329. The van der Waals surface area contributed by atoms with Crippen LogP contribution in [0.5, 0.6) is 0 Å². The van der Waals surface area contributed by atoms with E-state index in [0.717, 1.165) is 25.7 Å². The number of hydrogen-bond donors (Lipinski definition) is 1. The molecule has 1 aliphatic carbocycles. The van der Waals surface area contributed by atoms with Crippen LogP contribution in [0.2, 0.25) is 0 Å². The molecule has 1 rings (SSSR count). The average Bonchev–Trinajstić information content (AvgIpc) is 1.95. The molecule has 10 heavy (non-hydrogen) atoms. The van der Waals surface area contributed by atoms with Crippen molar-refractivity contribution in [2.75, 3.05) is 0 Å².